The second kappa shape index (κ2) is 6.36. The number of aryl methyl sites for hydroxylation is 1. The average molecular weight is 277 g/mol. The molecule has 2 amide bonds. The molecule has 0 spiro atoms. The van der Waals surface area contributed by atoms with Gasteiger partial charge in [0.05, 0.1) is 11.4 Å². The summed E-state index contributed by atoms with van der Waals surface area (Å²) < 4.78 is 0. The van der Waals surface area contributed by atoms with Crippen molar-refractivity contribution in [3.63, 3.8) is 0 Å². The first-order valence-corrected chi connectivity index (χ1v) is 6.75. The van der Waals surface area contributed by atoms with Crippen molar-refractivity contribution >= 4 is 17.7 Å². The van der Waals surface area contributed by atoms with Crippen LogP contribution < -0.4 is 5.32 Å². The fraction of sp³-hybridized carbons (Fsp3) is 0.500. The van der Waals surface area contributed by atoms with Gasteiger partial charge in [0, 0.05) is 25.7 Å². The number of aliphatic carboxylic acids is 1. The number of likely N-dealkylation sites (tertiary alicyclic amines) is 1. The number of nitrogens with zero attached hydrogens (tertiary/aromatic N) is 2. The smallest absolute Gasteiger partial charge is 0.321 e. The first kappa shape index (κ1) is 14.3. The number of carboxylic acids is 1. The highest BCUT2D eigenvalue weighted by molar-refractivity contribution is 5.89. The van der Waals surface area contributed by atoms with Gasteiger partial charge in [-0.3, -0.25) is 9.78 Å². The molecule has 2 N–H and O–H groups in total. The van der Waals surface area contributed by atoms with E-state index in [2.05, 4.69) is 10.3 Å². The number of carbonyl (C=O) groups is 2. The molecule has 1 atom stereocenters. The maximum Gasteiger partial charge on any atom is 0.321 e. The predicted molar refractivity (Wildman–Crippen MR) is 74.5 cm³/mol. The van der Waals surface area contributed by atoms with E-state index < -0.39 is 5.97 Å². The molecule has 1 saturated heterocycles. The summed E-state index contributed by atoms with van der Waals surface area (Å²) in [7, 11) is 0. The predicted octanol–water partition coefficient (Wildman–Crippen LogP) is 2.11. The number of carboxylic acid groups (broad SMARTS) is 1. The van der Waals surface area contributed by atoms with E-state index in [0.717, 1.165) is 18.5 Å². The molecule has 1 aromatic heterocycles. The molecule has 1 fully saturated rings. The van der Waals surface area contributed by atoms with E-state index in [1.165, 1.54) is 0 Å². The van der Waals surface area contributed by atoms with E-state index in [1.54, 1.807) is 23.2 Å². The molecule has 1 aliphatic rings. The van der Waals surface area contributed by atoms with Gasteiger partial charge in [-0.1, -0.05) is 0 Å². The van der Waals surface area contributed by atoms with Crippen LogP contribution in [-0.4, -0.2) is 40.1 Å². The molecule has 0 aliphatic carbocycles. The van der Waals surface area contributed by atoms with Gasteiger partial charge in [0.15, 0.2) is 0 Å². The summed E-state index contributed by atoms with van der Waals surface area (Å²) in [5.41, 5.74) is 1.46. The summed E-state index contributed by atoms with van der Waals surface area (Å²) in [4.78, 5) is 28.7. The molecule has 2 rings (SSSR count). The Morgan fingerprint density at radius 1 is 1.55 bits per heavy atom. The molecule has 0 saturated carbocycles. The van der Waals surface area contributed by atoms with E-state index in [4.69, 9.17) is 5.11 Å². The Balaban J connectivity index is 1.95. The number of anilines is 1. The molecule has 0 bridgehead atoms. The van der Waals surface area contributed by atoms with Crippen LogP contribution >= 0.6 is 0 Å². The van der Waals surface area contributed by atoms with Crippen LogP contribution in [0.5, 0.6) is 0 Å². The first-order valence-electron chi connectivity index (χ1n) is 6.75. The van der Waals surface area contributed by atoms with Gasteiger partial charge in [-0.15, -0.1) is 0 Å². The van der Waals surface area contributed by atoms with Gasteiger partial charge in [0.1, 0.15) is 0 Å². The van der Waals surface area contributed by atoms with Crippen LogP contribution in [-0.2, 0) is 4.79 Å². The first-order chi connectivity index (χ1) is 9.56. The molecule has 1 aromatic rings. The van der Waals surface area contributed by atoms with Gasteiger partial charge in [-0.25, -0.2) is 4.79 Å². The Labute approximate surface area is 117 Å². The highest BCUT2D eigenvalue weighted by Crippen LogP contribution is 2.21. The number of aromatic nitrogens is 1. The lowest BCUT2D eigenvalue weighted by molar-refractivity contribution is -0.138. The molecule has 20 heavy (non-hydrogen) atoms. The number of piperidine rings is 1. The van der Waals surface area contributed by atoms with Crippen LogP contribution in [0.3, 0.4) is 0 Å². The van der Waals surface area contributed by atoms with Crippen LogP contribution in [0, 0.1) is 12.8 Å². The largest absolute Gasteiger partial charge is 0.481 e. The molecular weight excluding hydrogens is 258 g/mol. The maximum absolute atomic E-state index is 12.2. The Bertz CT molecular complexity index is 504. The number of rotatable bonds is 3. The van der Waals surface area contributed by atoms with Crippen molar-refractivity contribution in [1.82, 2.24) is 9.88 Å². The summed E-state index contributed by atoms with van der Waals surface area (Å²) in [5.74, 6) is -0.762. The van der Waals surface area contributed by atoms with Crippen LogP contribution in [0.15, 0.2) is 18.3 Å². The second-order valence-corrected chi connectivity index (χ2v) is 5.12. The fourth-order valence-electron chi connectivity index (χ4n) is 2.47. The van der Waals surface area contributed by atoms with Crippen molar-refractivity contribution in [2.75, 3.05) is 18.4 Å². The summed E-state index contributed by atoms with van der Waals surface area (Å²) in [6.07, 6.45) is 3.50. The van der Waals surface area contributed by atoms with Crippen LogP contribution in [0.1, 0.15) is 25.0 Å². The molecule has 1 aliphatic heterocycles. The third-order valence-corrected chi connectivity index (χ3v) is 3.52. The lowest BCUT2D eigenvalue weighted by atomic mass is 9.95. The van der Waals surface area contributed by atoms with Gasteiger partial charge in [0.2, 0.25) is 0 Å². The summed E-state index contributed by atoms with van der Waals surface area (Å²) in [5, 5.41) is 11.7. The zero-order valence-electron chi connectivity index (χ0n) is 11.5. The van der Waals surface area contributed by atoms with Gasteiger partial charge >= 0.3 is 12.0 Å². The van der Waals surface area contributed by atoms with Crippen molar-refractivity contribution in [1.29, 1.82) is 0 Å². The molecule has 6 heteroatoms. The molecule has 1 unspecified atom stereocenters. The highest BCUT2D eigenvalue weighted by Gasteiger charge is 2.25. The van der Waals surface area contributed by atoms with Crippen molar-refractivity contribution < 1.29 is 14.7 Å². The number of nitrogens with one attached hydrogen (secondary N) is 1. The molecule has 0 aromatic carbocycles. The van der Waals surface area contributed by atoms with Gasteiger partial charge in [0.25, 0.3) is 0 Å². The molecule has 0 radical (unpaired) electrons. The van der Waals surface area contributed by atoms with Gasteiger partial charge in [-0.2, -0.15) is 0 Å². The van der Waals surface area contributed by atoms with Crippen molar-refractivity contribution in [2.24, 2.45) is 5.92 Å². The minimum Gasteiger partial charge on any atom is -0.481 e. The van der Waals surface area contributed by atoms with Crippen LogP contribution in [0.2, 0.25) is 0 Å². The SMILES string of the molecule is Cc1ncccc1NC(=O)N1CCCC(CC(=O)O)C1. The van der Waals surface area contributed by atoms with Crippen molar-refractivity contribution in [2.45, 2.75) is 26.2 Å². The third-order valence-electron chi connectivity index (χ3n) is 3.52. The minimum atomic E-state index is -0.805. The van der Waals surface area contributed by atoms with E-state index in [9.17, 15) is 9.59 Å². The van der Waals surface area contributed by atoms with Crippen LogP contribution in [0.4, 0.5) is 10.5 Å². The van der Waals surface area contributed by atoms with E-state index in [0.29, 0.717) is 18.8 Å². The fourth-order valence-corrected chi connectivity index (χ4v) is 2.47. The van der Waals surface area contributed by atoms with E-state index in [-0.39, 0.29) is 18.4 Å². The molecule has 2 heterocycles. The normalized spacial score (nSPS) is 18.6. The third kappa shape index (κ3) is 3.69. The summed E-state index contributed by atoms with van der Waals surface area (Å²) in [6.45, 7) is 3.00. The zero-order valence-corrected chi connectivity index (χ0v) is 11.5. The Hall–Kier alpha value is -2.11. The highest BCUT2D eigenvalue weighted by atomic mass is 16.4. The lowest BCUT2D eigenvalue weighted by Gasteiger charge is -2.32. The number of hydrogen-bond donors (Lipinski definition) is 2. The second-order valence-electron chi connectivity index (χ2n) is 5.12. The number of carbonyl (C=O) groups excluding carboxylic acids is 1. The summed E-state index contributed by atoms with van der Waals surface area (Å²) >= 11 is 0. The average Bonchev–Trinajstić information content (AvgIpc) is 2.41. The van der Waals surface area contributed by atoms with Crippen molar-refractivity contribution in [3.8, 4) is 0 Å². The van der Waals surface area contributed by atoms with Gasteiger partial charge in [-0.05, 0) is 37.8 Å². The lowest BCUT2D eigenvalue weighted by Crippen LogP contribution is -2.42. The zero-order chi connectivity index (χ0) is 14.5. The number of pyridine rings is 1. The molecule has 108 valence electrons. The number of amides is 2. The quantitative estimate of drug-likeness (QED) is 0.886. The standard InChI is InChI=1S/C14H19N3O3/c1-10-12(5-2-6-15-10)16-14(20)17-7-3-4-11(9-17)8-13(18)19/h2,5-6,11H,3-4,7-9H2,1H3,(H,16,20)(H,18,19). The monoisotopic (exact) mass is 277 g/mol. The van der Waals surface area contributed by atoms with Gasteiger partial charge < -0.3 is 15.3 Å². The maximum atomic E-state index is 12.2. The topological polar surface area (TPSA) is 82.5 Å². The van der Waals surface area contributed by atoms with E-state index >= 15 is 0 Å². The van der Waals surface area contributed by atoms with Crippen LogP contribution in [0.25, 0.3) is 0 Å². The van der Waals surface area contributed by atoms with E-state index in [1.807, 2.05) is 6.92 Å². The molecular formula is C14H19N3O3. The summed E-state index contributed by atoms with van der Waals surface area (Å²) in [6, 6.07) is 3.39. The number of urea groups is 1. The Kier molecular flexibility index (Phi) is 4.55. The van der Waals surface area contributed by atoms with Crippen molar-refractivity contribution in [3.05, 3.63) is 24.0 Å². The number of hydrogen-bond acceptors (Lipinski definition) is 3. The molecule has 6 nitrogen and oxygen atoms in total. The minimum absolute atomic E-state index is 0.0435. The Morgan fingerprint density at radius 3 is 3.05 bits per heavy atom. The Morgan fingerprint density at radius 2 is 2.35 bits per heavy atom.